The van der Waals surface area contributed by atoms with Gasteiger partial charge >= 0.3 is 11.9 Å². The number of carboxylic acid groups (broad SMARTS) is 2. The van der Waals surface area contributed by atoms with Gasteiger partial charge in [0.25, 0.3) is 0 Å². The number of rotatable bonds is 9. The Hall–Kier alpha value is -3.30. The summed E-state index contributed by atoms with van der Waals surface area (Å²) in [4.78, 5) is 32.5. The highest BCUT2D eigenvalue weighted by Gasteiger charge is 2.20. The fourth-order valence-electron chi connectivity index (χ4n) is 3.49. The Balaban J connectivity index is 0.000000604. The van der Waals surface area contributed by atoms with Crippen molar-refractivity contribution in [3.63, 3.8) is 0 Å². The number of nitrogens with zero attached hydrogens (tertiary/aromatic N) is 1. The molecule has 1 saturated heterocycles. The Kier molecular flexibility index (Phi) is 11.7. The Morgan fingerprint density at radius 2 is 1.56 bits per heavy atom. The predicted molar refractivity (Wildman–Crippen MR) is 124 cm³/mol. The van der Waals surface area contributed by atoms with Crippen LogP contribution in [0.3, 0.4) is 0 Å². The quantitative estimate of drug-likeness (QED) is 0.479. The summed E-state index contributed by atoms with van der Waals surface area (Å²) in [6.45, 7) is 4.24. The van der Waals surface area contributed by atoms with Crippen LogP contribution in [0, 0.1) is 11.7 Å². The summed E-state index contributed by atoms with van der Waals surface area (Å²) >= 11 is 0. The van der Waals surface area contributed by atoms with Crippen LogP contribution >= 0.6 is 0 Å². The SMILES string of the molecule is O=C(CN1CCC(COCc2ccc(F)cc2)CC1)NCCc1ccccc1.O=C(O)C(=O)O. The Labute approximate surface area is 198 Å². The fraction of sp³-hybridized carbons (Fsp3) is 0.400. The first-order valence-corrected chi connectivity index (χ1v) is 11.1. The zero-order valence-corrected chi connectivity index (χ0v) is 19.0. The number of carbonyl (C=O) groups excluding carboxylic acids is 1. The van der Waals surface area contributed by atoms with Gasteiger partial charge < -0.3 is 20.3 Å². The molecule has 0 saturated carbocycles. The summed E-state index contributed by atoms with van der Waals surface area (Å²) < 4.78 is 18.7. The van der Waals surface area contributed by atoms with Gasteiger partial charge in [0.1, 0.15) is 5.82 Å². The third-order valence-corrected chi connectivity index (χ3v) is 5.37. The molecule has 0 aliphatic carbocycles. The standard InChI is InChI=1S/C23H29FN2O2.C2H2O4/c24-22-8-6-20(7-9-22)17-28-18-21-11-14-26(15-12-21)16-23(27)25-13-10-19-4-2-1-3-5-19;3-1(4)2(5)6/h1-9,21H,10-18H2,(H,25,27);(H,3,4)(H,5,6). The molecule has 1 aliphatic rings. The molecule has 0 bridgehead atoms. The lowest BCUT2D eigenvalue weighted by Crippen LogP contribution is -2.42. The van der Waals surface area contributed by atoms with Gasteiger partial charge in [0.15, 0.2) is 0 Å². The van der Waals surface area contributed by atoms with Crippen molar-refractivity contribution in [3.8, 4) is 0 Å². The van der Waals surface area contributed by atoms with E-state index in [1.165, 1.54) is 17.7 Å². The molecular formula is C25H31FN2O6. The number of aliphatic carboxylic acids is 2. The molecule has 8 nitrogen and oxygen atoms in total. The van der Waals surface area contributed by atoms with Crippen LogP contribution in [-0.4, -0.2) is 65.7 Å². The molecule has 0 spiro atoms. The molecule has 0 radical (unpaired) electrons. The van der Waals surface area contributed by atoms with Gasteiger partial charge in [-0.05, 0) is 61.5 Å². The number of halogens is 1. The van der Waals surface area contributed by atoms with Gasteiger partial charge in [0.2, 0.25) is 5.91 Å². The normalized spacial score (nSPS) is 14.0. The monoisotopic (exact) mass is 474 g/mol. The summed E-state index contributed by atoms with van der Waals surface area (Å²) in [7, 11) is 0. The van der Waals surface area contributed by atoms with Crippen molar-refractivity contribution in [1.82, 2.24) is 10.2 Å². The van der Waals surface area contributed by atoms with Crippen molar-refractivity contribution in [1.29, 1.82) is 0 Å². The molecule has 9 heteroatoms. The molecule has 2 aromatic carbocycles. The molecule has 0 aromatic heterocycles. The number of carbonyl (C=O) groups is 3. The van der Waals surface area contributed by atoms with Crippen LogP contribution in [0.4, 0.5) is 4.39 Å². The van der Waals surface area contributed by atoms with Crippen LogP contribution in [0.1, 0.15) is 24.0 Å². The zero-order chi connectivity index (χ0) is 24.8. The van der Waals surface area contributed by atoms with E-state index < -0.39 is 11.9 Å². The average molecular weight is 475 g/mol. The van der Waals surface area contributed by atoms with Crippen LogP contribution in [0.5, 0.6) is 0 Å². The average Bonchev–Trinajstić information content (AvgIpc) is 2.82. The maximum Gasteiger partial charge on any atom is 0.414 e. The molecule has 34 heavy (non-hydrogen) atoms. The highest BCUT2D eigenvalue weighted by atomic mass is 19.1. The first-order chi connectivity index (χ1) is 16.3. The van der Waals surface area contributed by atoms with E-state index in [0.29, 0.717) is 32.2 Å². The van der Waals surface area contributed by atoms with Gasteiger partial charge in [-0.2, -0.15) is 0 Å². The Morgan fingerprint density at radius 3 is 2.15 bits per heavy atom. The molecule has 3 rings (SSSR count). The van der Waals surface area contributed by atoms with Crippen LogP contribution in [0.2, 0.25) is 0 Å². The molecule has 0 atom stereocenters. The third-order valence-electron chi connectivity index (χ3n) is 5.37. The molecule has 1 aliphatic heterocycles. The first-order valence-electron chi connectivity index (χ1n) is 11.1. The minimum Gasteiger partial charge on any atom is -0.473 e. The van der Waals surface area contributed by atoms with Gasteiger partial charge in [-0.3, -0.25) is 9.69 Å². The second kappa shape index (κ2) is 14.8. The number of amides is 1. The lowest BCUT2D eigenvalue weighted by molar-refractivity contribution is -0.159. The minimum absolute atomic E-state index is 0.0990. The van der Waals surface area contributed by atoms with E-state index in [0.717, 1.165) is 37.9 Å². The zero-order valence-electron chi connectivity index (χ0n) is 19.0. The second-order valence-electron chi connectivity index (χ2n) is 8.06. The van der Waals surface area contributed by atoms with Gasteiger partial charge in [-0.1, -0.05) is 42.5 Å². The summed E-state index contributed by atoms with van der Waals surface area (Å²) in [5, 5.41) is 17.8. The summed E-state index contributed by atoms with van der Waals surface area (Å²) in [5.41, 5.74) is 2.23. The maximum atomic E-state index is 12.9. The van der Waals surface area contributed by atoms with Crippen molar-refractivity contribution in [2.45, 2.75) is 25.9 Å². The largest absolute Gasteiger partial charge is 0.473 e. The Morgan fingerprint density at radius 1 is 0.941 bits per heavy atom. The third kappa shape index (κ3) is 11.0. The molecular weight excluding hydrogens is 443 g/mol. The van der Waals surface area contributed by atoms with Crippen molar-refractivity contribution in [2.75, 3.05) is 32.8 Å². The first kappa shape index (κ1) is 26.9. The fourth-order valence-corrected chi connectivity index (χ4v) is 3.49. The Bertz CT molecular complexity index is 887. The highest BCUT2D eigenvalue weighted by Crippen LogP contribution is 2.18. The topological polar surface area (TPSA) is 116 Å². The molecule has 1 amide bonds. The molecule has 1 heterocycles. The van der Waals surface area contributed by atoms with E-state index in [1.807, 2.05) is 18.2 Å². The van der Waals surface area contributed by atoms with E-state index in [9.17, 15) is 9.18 Å². The summed E-state index contributed by atoms with van der Waals surface area (Å²) in [6.07, 6.45) is 2.95. The number of benzene rings is 2. The smallest absolute Gasteiger partial charge is 0.414 e. The van der Waals surface area contributed by atoms with Crippen LogP contribution in [0.15, 0.2) is 54.6 Å². The van der Waals surface area contributed by atoms with Crippen LogP contribution in [0.25, 0.3) is 0 Å². The van der Waals surface area contributed by atoms with Gasteiger partial charge in [0.05, 0.1) is 13.2 Å². The lowest BCUT2D eigenvalue weighted by Gasteiger charge is -2.31. The number of nitrogens with one attached hydrogen (secondary N) is 1. The van der Waals surface area contributed by atoms with Crippen molar-refractivity contribution >= 4 is 17.8 Å². The minimum atomic E-state index is -1.82. The van der Waals surface area contributed by atoms with Crippen molar-refractivity contribution in [3.05, 3.63) is 71.5 Å². The van der Waals surface area contributed by atoms with E-state index in [-0.39, 0.29) is 11.7 Å². The lowest BCUT2D eigenvalue weighted by atomic mass is 9.98. The van der Waals surface area contributed by atoms with Crippen molar-refractivity contribution in [2.24, 2.45) is 5.92 Å². The van der Waals surface area contributed by atoms with E-state index in [1.54, 1.807) is 12.1 Å². The maximum absolute atomic E-state index is 12.9. The van der Waals surface area contributed by atoms with Crippen LogP contribution in [-0.2, 0) is 32.1 Å². The molecule has 2 aromatic rings. The summed E-state index contributed by atoms with van der Waals surface area (Å²) in [5.74, 6) is -3.25. The van der Waals surface area contributed by atoms with E-state index in [4.69, 9.17) is 24.5 Å². The van der Waals surface area contributed by atoms with Gasteiger partial charge in [-0.25, -0.2) is 14.0 Å². The van der Waals surface area contributed by atoms with Gasteiger partial charge in [0, 0.05) is 13.2 Å². The number of hydrogen-bond acceptors (Lipinski definition) is 5. The number of hydrogen-bond donors (Lipinski definition) is 3. The molecule has 3 N–H and O–H groups in total. The number of piperidine rings is 1. The second-order valence-corrected chi connectivity index (χ2v) is 8.06. The number of likely N-dealkylation sites (tertiary alicyclic amines) is 1. The number of carboxylic acids is 2. The summed E-state index contributed by atoms with van der Waals surface area (Å²) in [6, 6.07) is 16.6. The van der Waals surface area contributed by atoms with E-state index >= 15 is 0 Å². The number of ether oxygens (including phenoxy) is 1. The molecule has 1 fully saturated rings. The molecule has 184 valence electrons. The van der Waals surface area contributed by atoms with Gasteiger partial charge in [-0.15, -0.1) is 0 Å². The highest BCUT2D eigenvalue weighted by molar-refractivity contribution is 6.27. The molecule has 0 unspecified atom stereocenters. The van der Waals surface area contributed by atoms with Crippen molar-refractivity contribution < 1.29 is 33.7 Å². The predicted octanol–water partition coefficient (Wildman–Crippen LogP) is 2.57. The van der Waals surface area contributed by atoms with E-state index in [2.05, 4.69) is 22.3 Å². The van der Waals surface area contributed by atoms with Crippen LogP contribution < -0.4 is 5.32 Å².